The average Bonchev–Trinajstić information content (AvgIpc) is 2.39. The second kappa shape index (κ2) is 4.77. The first kappa shape index (κ1) is 10.6. The van der Waals surface area contributed by atoms with Gasteiger partial charge in [0.05, 0.1) is 12.8 Å². The highest BCUT2D eigenvalue weighted by Crippen LogP contribution is 2.23. The minimum Gasteiger partial charge on any atom is -0.497 e. The standard InChI is InChI=1S/C13H14N2O/c1-16-12-6-4-10(5-7-12)13-11(9-14)3-2-8-15-13/h2-8H,9,14H2,1H3. The summed E-state index contributed by atoms with van der Waals surface area (Å²) in [7, 11) is 1.65. The topological polar surface area (TPSA) is 48.1 Å². The van der Waals surface area contributed by atoms with Gasteiger partial charge in [-0.25, -0.2) is 0 Å². The Labute approximate surface area is 94.9 Å². The van der Waals surface area contributed by atoms with Crippen LogP contribution in [0.25, 0.3) is 11.3 Å². The van der Waals surface area contributed by atoms with E-state index in [0.717, 1.165) is 22.6 Å². The molecule has 0 fully saturated rings. The summed E-state index contributed by atoms with van der Waals surface area (Å²) in [6, 6.07) is 11.7. The van der Waals surface area contributed by atoms with E-state index in [0.29, 0.717) is 6.54 Å². The summed E-state index contributed by atoms with van der Waals surface area (Å²) in [5.74, 6) is 0.842. The summed E-state index contributed by atoms with van der Waals surface area (Å²) in [5, 5.41) is 0. The minimum absolute atomic E-state index is 0.495. The zero-order valence-corrected chi connectivity index (χ0v) is 9.18. The maximum absolute atomic E-state index is 5.68. The van der Waals surface area contributed by atoms with Crippen LogP contribution in [0.3, 0.4) is 0 Å². The molecule has 0 spiro atoms. The average molecular weight is 214 g/mol. The molecule has 3 heteroatoms. The summed E-state index contributed by atoms with van der Waals surface area (Å²) in [6.45, 7) is 0.495. The Kier molecular flexibility index (Phi) is 3.17. The molecule has 3 nitrogen and oxygen atoms in total. The first-order chi connectivity index (χ1) is 7.85. The van der Waals surface area contributed by atoms with Crippen molar-refractivity contribution >= 4 is 0 Å². The maximum Gasteiger partial charge on any atom is 0.118 e. The van der Waals surface area contributed by atoms with Gasteiger partial charge in [0.15, 0.2) is 0 Å². The molecule has 0 aliphatic heterocycles. The third kappa shape index (κ3) is 2.04. The number of pyridine rings is 1. The van der Waals surface area contributed by atoms with E-state index in [-0.39, 0.29) is 0 Å². The van der Waals surface area contributed by atoms with Crippen molar-refractivity contribution in [3.63, 3.8) is 0 Å². The van der Waals surface area contributed by atoms with Crippen molar-refractivity contribution in [2.24, 2.45) is 5.73 Å². The normalized spacial score (nSPS) is 10.1. The van der Waals surface area contributed by atoms with Crippen LogP contribution in [0.4, 0.5) is 0 Å². The van der Waals surface area contributed by atoms with Crippen molar-refractivity contribution < 1.29 is 4.74 Å². The molecule has 0 unspecified atom stereocenters. The maximum atomic E-state index is 5.68. The van der Waals surface area contributed by atoms with E-state index in [1.807, 2.05) is 36.4 Å². The van der Waals surface area contributed by atoms with E-state index in [4.69, 9.17) is 10.5 Å². The lowest BCUT2D eigenvalue weighted by Gasteiger charge is -2.07. The Morgan fingerprint density at radius 3 is 2.56 bits per heavy atom. The van der Waals surface area contributed by atoms with Crippen molar-refractivity contribution in [3.8, 4) is 17.0 Å². The molecule has 2 aromatic rings. The predicted molar refractivity (Wildman–Crippen MR) is 64.1 cm³/mol. The smallest absolute Gasteiger partial charge is 0.118 e. The Morgan fingerprint density at radius 1 is 1.19 bits per heavy atom. The van der Waals surface area contributed by atoms with Gasteiger partial charge in [0, 0.05) is 18.3 Å². The van der Waals surface area contributed by atoms with Crippen molar-refractivity contribution in [3.05, 3.63) is 48.2 Å². The molecule has 1 aromatic heterocycles. The summed E-state index contributed by atoms with van der Waals surface area (Å²) in [4.78, 5) is 4.35. The Balaban J connectivity index is 2.42. The van der Waals surface area contributed by atoms with Gasteiger partial charge < -0.3 is 10.5 Å². The fourth-order valence-corrected chi connectivity index (χ4v) is 1.61. The fraction of sp³-hybridized carbons (Fsp3) is 0.154. The van der Waals surface area contributed by atoms with Crippen molar-refractivity contribution in [1.82, 2.24) is 4.98 Å². The molecule has 2 rings (SSSR count). The number of benzene rings is 1. The minimum atomic E-state index is 0.495. The Bertz CT molecular complexity index is 466. The molecule has 0 aliphatic carbocycles. The van der Waals surface area contributed by atoms with Crippen LogP contribution in [0.1, 0.15) is 5.56 Å². The molecule has 1 heterocycles. The highest BCUT2D eigenvalue weighted by molar-refractivity contribution is 5.63. The summed E-state index contributed by atoms with van der Waals surface area (Å²) in [5.41, 5.74) is 8.72. The molecule has 0 aliphatic rings. The van der Waals surface area contributed by atoms with Gasteiger partial charge in [0.2, 0.25) is 0 Å². The van der Waals surface area contributed by atoms with Crippen LogP contribution in [0.15, 0.2) is 42.6 Å². The van der Waals surface area contributed by atoms with Crippen molar-refractivity contribution in [1.29, 1.82) is 0 Å². The second-order valence-electron chi connectivity index (χ2n) is 3.44. The van der Waals surface area contributed by atoms with Gasteiger partial charge in [0.25, 0.3) is 0 Å². The molecule has 0 radical (unpaired) electrons. The Morgan fingerprint density at radius 2 is 1.94 bits per heavy atom. The molecule has 0 bridgehead atoms. The SMILES string of the molecule is COc1ccc(-c2ncccc2CN)cc1. The van der Waals surface area contributed by atoms with Gasteiger partial charge >= 0.3 is 0 Å². The van der Waals surface area contributed by atoms with Gasteiger partial charge in [-0.05, 0) is 35.9 Å². The molecule has 2 N–H and O–H groups in total. The molecule has 82 valence electrons. The quantitative estimate of drug-likeness (QED) is 0.852. The second-order valence-corrected chi connectivity index (χ2v) is 3.44. The number of methoxy groups -OCH3 is 1. The van der Waals surface area contributed by atoms with Gasteiger partial charge in [-0.15, -0.1) is 0 Å². The number of nitrogens with zero attached hydrogens (tertiary/aromatic N) is 1. The Hall–Kier alpha value is -1.87. The number of nitrogens with two attached hydrogens (primary N) is 1. The summed E-state index contributed by atoms with van der Waals surface area (Å²) >= 11 is 0. The van der Waals surface area contributed by atoms with E-state index in [1.54, 1.807) is 13.3 Å². The van der Waals surface area contributed by atoms with E-state index in [1.165, 1.54) is 0 Å². The lowest BCUT2D eigenvalue weighted by Crippen LogP contribution is -2.00. The van der Waals surface area contributed by atoms with Crippen LogP contribution < -0.4 is 10.5 Å². The number of hydrogen-bond acceptors (Lipinski definition) is 3. The third-order valence-corrected chi connectivity index (χ3v) is 2.47. The van der Waals surface area contributed by atoms with Crippen LogP contribution in [0.2, 0.25) is 0 Å². The lowest BCUT2D eigenvalue weighted by atomic mass is 10.1. The molecule has 16 heavy (non-hydrogen) atoms. The lowest BCUT2D eigenvalue weighted by molar-refractivity contribution is 0.415. The van der Waals surface area contributed by atoms with Gasteiger partial charge in [0.1, 0.15) is 5.75 Å². The van der Waals surface area contributed by atoms with E-state index in [9.17, 15) is 0 Å². The third-order valence-electron chi connectivity index (χ3n) is 2.47. The van der Waals surface area contributed by atoms with Gasteiger partial charge in [-0.2, -0.15) is 0 Å². The van der Waals surface area contributed by atoms with Crippen LogP contribution in [-0.4, -0.2) is 12.1 Å². The molecule has 0 atom stereocenters. The first-order valence-electron chi connectivity index (χ1n) is 5.13. The first-order valence-corrected chi connectivity index (χ1v) is 5.13. The molecular weight excluding hydrogens is 200 g/mol. The van der Waals surface area contributed by atoms with E-state index < -0.39 is 0 Å². The van der Waals surface area contributed by atoms with Gasteiger partial charge in [-0.1, -0.05) is 6.07 Å². The van der Waals surface area contributed by atoms with E-state index in [2.05, 4.69) is 4.98 Å². The van der Waals surface area contributed by atoms with Crippen molar-refractivity contribution in [2.45, 2.75) is 6.54 Å². The summed E-state index contributed by atoms with van der Waals surface area (Å²) < 4.78 is 5.12. The monoisotopic (exact) mass is 214 g/mol. The number of rotatable bonds is 3. The molecular formula is C13H14N2O. The van der Waals surface area contributed by atoms with Crippen LogP contribution in [0, 0.1) is 0 Å². The molecule has 0 saturated heterocycles. The highest BCUT2D eigenvalue weighted by atomic mass is 16.5. The van der Waals surface area contributed by atoms with Crippen LogP contribution in [-0.2, 0) is 6.54 Å². The largest absolute Gasteiger partial charge is 0.497 e. The molecule has 0 saturated carbocycles. The van der Waals surface area contributed by atoms with Crippen molar-refractivity contribution in [2.75, 3.05) is 7.11 Å². The van der Waals surface area contributed by atoms with Crippen LogP contribution >= 0.6 is 0 Å². The van der Waals surface area contributed by atoms with E-state index >= 15 is 0 Å². The summed E-state index contributed by atoms with van der Waals surface area (Å²) in [6.07, 6.45) is 1.78. The van der Waals surface area contributed by atoms with Gasteiger partial charge in [-0.3, -0.25) is 4.98 Å². The molecule has 0 amide bonds. The number of hydrogen-bond donors (Lipinski definition) is 1. The fourth-order valence-electron chi connectivity index (χ4n) is 1.61. The van der Waals surface area contributed by atoms with Crippen LogP contribution in [0.5, 0.6) is 5.75 Å². The number of aromatic nitrogens is 1. The predicted octanol–water partition coefficient (Wildman–Crippen LogP) is 2.22. The number of ether oxygens (including phenoxy) is 1. The zero-order chi connectivity index (χ0) is 11.4. The zero-order valence-electron chi connectivity index (χ0n) is 9.18. The molecule has 1 aromatic carbocycles. The highest BCUT2D eigenvalue weighted by Gasteiger charge is 2.04.